The summed E-state index contributed by atoms with van der Waals surface area (Å²) in [6, 6.07) is -6.73. The lowest BCUT2D eigenvalue weighted by atomic mass is 9.88. The van der Waals surface area contributed by atoms with Crippen LogP contribution in [-0.4, -0.2) is 57.7 Å². The van der Waals surface area contributed by atoms with E-state index in [2.05, 4.69) is 0 Å². The summed E-state index contributed by atoms with van der Waals surface area (Å²) in [5, 5.41) is 15.3. The van der Waals surface area contributed by atoms with Gasteiger partial charge in [0.1, 0.15) is 0 Å². The molecule has 0 bridgehead atoms. The predicted octanol–water partition coefficient (Wildman–Crippen LogP) is 4.45. The van der Waals surface area contributed by atoms with Crippen LogP contribution in [0, 0.1) is 0 Å². The zero-order chi connectivity index (χ0) is 22.7. The maximum atomic E-state index is 13.1. The third-order valence-corrected chi connectivity index (χ3v) is 3.27. The van der Waals surface area contributed by atoms with Crippen molar-refractivity contribution in [2.24, 2.45) is 0 Å². The molecule has 0 radical (unpaired) electrons. The van der Waals surface area contributed by atoms with Crippen LogP contribution < -0.4 is 0 Å². The molecule has 0 unspecified atom stereocenters. The molecular formula is C10H7F15O2. The molecule has 164 valence electrons. The molecule has 0 aromatic rings. The van der Waals surface area contributed by atoms with Crippen LogP contribution in [-0.2, 0) is 0 Å². The minimum atomic E-state index is -8.40. The molecule has 0 fully saturated rings. The summed E-state index contributed by atoms with van der Waals surface area (Å²) >= 11 is 0. The Balaban J connectivity index is 6.65. The van der Waals surface area contributed by atoms with Crippen molar-refractivity contribution < 1.29 is 76.1 Å². The van der Waals surface area contributed by atoms with Crippen molar-refractivity contribution in [3.05, 3.63) is 0 Å². The van der Waals surface area contributed by atoms with Crippen molar-refractivity contribution in [3.8, 4) is 0 Å². The van der Waals surface area contributed by atoms with Gasteiger partial charge in [-0.3, -0.25) is 0 Å². The second-order valence-corrected chi connectivity index (χ2v) is 5.09. The molecule has 27 heavy (non-hydrogen) atoms. The van der Waals surface area contributed by atoms with Crippen LogP contribution in [0.2, 0.25) is 0 Å². The molecule has 0 amide bonds. The molecule has 0 rings (SSSR count). The molecule has 0 spiro atoms. The Kier molecular flexibility index (Phi) is 5.92. The third-order valence-electron chi connectivity index (χ3n) is 3.27. The van der Waals surface area contributed by atoms with Gasteiger partial charge in [0.25, 0.3) is 0 Å². The lowest BCUT2D eigenvalue weighted by Gasteiger charge is -2.43. The Labute approximate surface area is 138 Å². The highest BCUT2D eigenvalue weighted by atomic mass is 19.4. The summed E-state index contributed by atoms with van der Waals surface area (Å²) < 4.78 is 194. The topological polar surface area (TPSA) is 40.5 Å². The zero-order valence-electron chi connectivity index (χ0n) is 12.3. The van der Waals surface area contributed by atoms with E-state index in [9.17, 15) is 65.9 Å². The van der Waals surface area contributed by atoms with Crippen molar-refractivity contribution in [1.29, 1.82) is 0 Å². The first-order valence-electron chi connectivity index (χ1n) is 6.09. The van der Waals surface area contributed by atoms with Gasteiger partial charge in [0.05, 0.1) is 0 Å². The van der Waals surface area contributed by atoms with Gasteiger partial charge in [-0.25, -0.2) is 0 Å². The number of hydrogen-bond donors (Lipinski definition) is 2. The average Bonchev–Trinajstić information content (AvgIpc) is 2.44. The summed E-state index contributed by atoms with van der Waals surface area (Å²) in [5.41, 5.74) is 0. The largest absolute Gasteiger partial charge is 0.400 e. The molecule has 0 aliphatic carbocycles. The molecular weight excluding hydrogens is 437 g/mol. The zero-order valence-corrected chi connectivity index (χ0v) is 12.3. The van der Waals surface area contributed by atoms with E-state index in [0.29, 0.717) is 0 Å². The number of hydrogen-bond acceptors (Lipinski definition) is 2. The summed E-state index contributed by atoms with van der Waals surface area (Å²) in [6.45, 7) is -0.0298. The molecule has 17 heteroatoms. The van der Waals surface area contributed by atoms with Gasteiger partial charge in [0, 0.05) is 6.42 Å². The fraction of sp³-hybridized carbons (Fsp3) is 1.00. The first-order valence-corrected chi connectivity index (χ1v) is 6.09. The second-order valence-electron chi connectivity index (χ2n) is 5.09. The monoisotopic (exact) mass is 444 g/mol. The highest BCUT2D eigenvalue weighted by molar-refractivity contribution is 5.14. The van der Waals surface area contributed by atoms with Crippen molar-refractivity contribution in [2.45, 2.75) is 60.8 Å². The smallest absolute Gasteiger partial charge is 0.335 e. The van der Waals surface area contributed by atoms with Gasteiger partial charge in [0.15, 0.2) is 0 Å². The number of rotatable bonds is 8. The van der Waals surface area contributed by atoms with E-state index in [1.165, 1.54) is 0 Å². The lowest BCUT2D eigenvalue weighted by molar-refractivity contribution is -0.479. The van der Waals surface area contributed by atoms with Crippen LogP contribution in [0.5, 0.6) is 0 Å². The summed E-state index contributed by atoms with van der Waals surface area (Å²) in [5.74, 6) is -54.5. The van der Waals surface area contributed by atoms with Gasteiger partial charge in [0.2, 0.25) is 0 Å². The first-order chi connectivity index (χ1) is 11.3. The standard InChI is InChI=1S/C10H7F15O2/c1-2-3(11,12)4(13,14)5(15,16)6(17,18)7(19,20)8(21,22)9(23,24)10(25,26)27/h26-27H,2H2,1H3. The summed E-state index contributed by atoms with van der Waals surface area (Å²) in [6.07, 6.45) is -2.41. The van der Waals surface area contributed by atoms with E-state index >= 15 is 0 Å². The van der Waals surface area contributed by atoms with Crippen LogP contribution in [0.1, 0.15) is 13.3 Å². The molecule has 0 aromatic heterocycles. The minimum absolute atomic E-state index is 0.0298. The Morgan fingerprint density at radius 1 is 0.444 bits per heavy atom. The van der Waals surface area contributed by atoms with Crippen LogP contribution in [0.25, 0.3) is 0 Å². The Morgan fingerprint density at radius 3 is 0.889 bits per heavy atom. The first kappa shape index (κ1) is 25.9. The molecule has 2 nitrogen and oxygen atoms in total. The van der Waals surface area contributed by atoms with Gasteiger partial charge < -0.3 is 10.2 Å². The van der Waals surface area contributed by atoms with E-state index < -0.39 is 53.9 Å². The Bertz CT molecular complexity index is 547. The van der Waals surface area contributed by atoms with Gasteiger partial charge in [-0.2, -0.15) is 65.9 Å². The number of aliphatic hydroxyl groups is 2. The van der Waals surface area contributed by atoms with Crippen LogP contribution in [0.15, 0.2) is 0 Å². The fourth-order valence-electron chi connectivity index (χ4n) is 1.44. The number of alkyl halides is 15. The van der Waals surface area contributed by atoms with Crippen molar-refractivity contribution >= 4 is 0 Å². The molecule has 2 N–H and O–H groups in total. The summed E-state index contributed by atoms with van der Waals surface area (Å²) in [7, 11) is 0. The Hall–Kier alpha value is -1.13. The lowest BCUT2D eigenvalue weighted by Crippen LogP contribution is -2.75. The molecule has 0 atom stereocenters. The van der Waals surface area contributed by atoms with E-state index in [4.69, 9.17) is 10.2 Å². The highest BCUT2D eigenvalue weighted by Gasteiger charge is 2.94. The normalized spacial score (nSPS) is 16.7. The maximum absolute atomic E-state index is 13.1. The van der Waals surface area contributed by atoms with Gasteiger partial charge in [-0.15, -0.1) is 0 Å². The van der Waals surface area contributed by atoms with E-state index in [-0.39, 0.29) is 6.92 Å². The van der Waals surface area contributed by atoms with Crippen LogP contribution >= 0.6 is 0 Å². The van der Waals surface area contributed by atoms with E-state index in [1.54, 1.807) is 0 Å². The molecule has 0 heterocycles. The highest BCUT2D eigenvalue weighted by Crippen LogP contribution is 2.63. The van der Waals surface area contributed by atoms with Gasteiger partial charge in [-0.05, 0) is 0 Å². The molecule has 0 aliphatic rings. The van der Waals surface area contributed by atoms with Crippen molar-refractivity contribution in [1.82, 2.24) is 0 Å². The van der Waals surface area contributed by atoms with E-state index in [1.807, 2.05) is 0 Å². The minimum Gasteiger partial charge on any atom is -0.335 e. The predicted molar refractivity (Wildman–Crippen MR) is 53.2 cm³/mol. The third kappa shape index (κ3) is 3.09. The maximum Gasteiger partial charge on any atom is 0.400 e. The van der Waals surface area contributed by atoms with Crippen molar-refractivity contribution in [3.63, 3.8) is 0 Å². The van der Waals surface area contributed by atoms with Gasteiger partial charge in [-0.1, -0.05) is 6.92 Å². The van der Waals surface area contributed by atoms with Gasteiger partial charge >= 0.3 is 47.5 Å². The van der Waals surface area contributed by atoms with E-state index in [0.717, 1.165) is 0 Å². The SMILES string of the molecule is CCC(F)(F)C(F)(F)C(F)(F)C(F)(F)C(F)(F)C(F)(F)C(F)(F)C(O)(O)F. The summed E-state index contributed by atoms with van der Waals surface area (Å²) in [4.78, 5) is 0. The Morgan fingerprint density at radius 2 is 0.667 bits per heavy atom. The van der Waals surface area contributed by atoms with Crippen LogP contribution in [0.3, 0.4) is 0 Å². The average molecular weight is 444 g/mol. The molecule has 0 aliphatic heterocycles. The molecule has 0 saturated heterocycles. The van der Waals surface area contributed by atoms with Crippen LogP contribution in [0.4, 0.5) is 65.9 Å². The van der Waals surface area contributed by atoms with Crippen molar-refractivity contribution in [2.75, 3.05) is 0 Å². The molecule has 0 saturated carbocycles. The number of halogens is 15. The quantitative estimate of drug-likeness (QED) is 0.429. The fourth-order valence-corrected chi connectivity index (χ4v) is 1.44. The second kappa shape index (κ2) is 6.18. The molecule has 0 aromatic carbocycles.